The van der Waals surface area contributed by atoms with Crippen molar-refractivity contribution in [1.82, 2.24) is 9.55 Å². The Labute approximate surface area is 165 Å². The van der Waals surface area contributed by atoms with Crippen LogP contribution in [0.5, 0.6) is 5.75 Å². The van der Waals surface area contributed by atoms with E-state index in [1.807, 2.05) is 42.5 Å². The first-order valence-corrected chi connectivity index (χ1v) is 8.96. The third kappa shape index (κ3) is 3.18. The van der Waals surface area contributed by atoms with Crippen LogP contribution in [0.2, 0.25) is 10.0 Å². The first-order chi connectivity index (χ1) is 13.1. The SMILES string of the molecule is COc1ccc(-c2nc3ccccc3c(=O)n2-c2ccc(Cl)cc2Cl)cc1. The Hall–Kier alpha value is -2.82. The molecular weight excluding hydrogens is 383 g/mol. The molecule has 1 heterocycles. The number of benzene rings is 3. The van der Waals surface area contributed by atoms with Gasteiger partial charge >= 0.3 is 0 Å². The van der Waals surface area contributed by atoms with Crippen molar-refractivity contribution in [2.75, 3.05) is 7.11 Å². The molecule has 0 aliphatic carbocycles. The standard InChI is InChI=1S/C21H14Cl2N2O2/c1-27-15-9-6-13(7-10-15)20-24-18-5-3-2-4-16(18)21(26)25(20)19-11-8-14(22)12-17(19)23/h2-12H,1H3. The summed E-state index contributed by atoms with van der Waals surface area (Å²) in [6, 6.07) is 19.6. The lowest BCUT2D eigenvalue weighted by molar-refractivity contribution is 0.415. The Morgan fingerprint density at radius 2 is 1.70 bits per heavy atom. The molecular formula is C21H14Cl2N2O2. The molecule has 0 atom stereocenters. The zero-order chi connectivity index (χ0) is 19.0. The smallest absolute Gasteiger partial charge is 0.266 e. The first-order valence-electron chi connectivity index (χ1n) is 8.20. The summed E-state index contributed by atoms with van der Waals surface area (Å²) in [6.45, 7) is 0. The fourth-order valence-electron chi connectivity index (χ4n) is 2.95. The van der Waals surface area contributed by atoms with Gasteiger partial charge in [0.1, 0.15) is 11.6 Å². The summed E-state index contributed by atoms with van der Waals surface area (Å²) >= 11 is 12.4. The number of fused-ring (bicyclic) bond motifs is 1. The minimum absolute atomic E-state index is 0.198. The first kappa shape index (κ1) is 17.6. The number of rotatable bonds is 3. The Morgan fingerprint density at radius 3 is 2.41 bits per heavy atom. The highest BCUT2D eigenvalue weighted by Gasteiger charge is 2.16. The van der Waals surface area contributed by atoms with Crippen LogP contribution in [-0.2, 0) is 0 Å². The molecule has 6 heteroatoms. The highest BCUT2D eigenvalue weighted by Crippen LogP contribution is 2.29. The summed E-state index contributed by atoms with van der Waals surface area (Å²) in [5, 5.41) is 1.38. The lowest BCUT2D eigenvalue weighted by Gasteiger charge is -2.15. The number of ether oxygens (including phenoxy) is 1. The van der Waals surface area contributed by atoms with Crippen LogP contribution in [0.15, 0.2) is 71.5 Å². The van der Waals surface area contributed by atoms with Crippen molar-refractivity contribution in [3.63, 3.8) is 0 Å². The summed E-state index contributed by atoms with van der Waals surface area (Å²) < 4.78 is 6.74. The molecule has 27 heavy (non-hydrogen) atoms. The van der Waals surface area contributed by atoms with E-state index in [2.05, 4.69) is 0 Å². The zero-order valence-electron chi connectivity index (χ0n) is 14.3. The van der Waals surface area contributed by atoms with Crippen molar-refractivity contribution >= 4 is 34.1 Å². The molecule has 0 radical (unpaired) electrons. The van der Waals surface area contributed by atoms with Crippen molar-refractivity contribution in [3.8, 4) is 22.8 Å². The maximum atomic E-state index is 13.3. The molecule has 3 aromatic carbocycles. The van der Waals surface area contributed by atoms with Crippen molar-refractivity contribution < 1.29 is 4.74 Å². The van der Waals surface area contributed by atoms with Gasteiger partial charge in [0.05, 0.1) is 28.7 Å². The number of aromatic nitrogens is 2. The number of hydrogen-bond donors (Lipinski definition) is 0. The number of halogens is 2. The molecule has 0 amide bonds. The lowest BCUT2D eigenvalue weighted by atomic mass is 10.1. The van der Waals surface area contributed by atoms with Gasteiger partial charge in [-0.1, -0.05) is 35.3 Å². The van der Waals surface area contributed by atoms with Crippen molar-refractivity contribution in [1.29, 1.82) is 0 Å². The van der Waals surface area contributed by atoms with Gasteiger partial charge < -0.3 is 4.74 Å². The summed E-state index contributed by atoms with van der Waals surface area (Å²) in [5.41, 5.74) is 1.71. The molecule has 134 valence electrons. The summed E-state index contributed by atoms with van der Waals surface area (Å²) in [5.74, 6) is 1.21. The molecule has 4 aromatic rings. The molecule has 4 nitrogen and oxygen atoms in total. The van der Waals surface area contributed by atoms with Crippen molar-refractivity contribution in [2.45, 2.75) is 0 Å². The largest absolute Gasteiger partial charge is 0.497 e. The van der Waals surface area contributed by atoms with Gasteiger partial charge in [-0.3, -0.25) is 9.36 Å². The fourth-order valence-corrected chi connectivity index (χ4v) is 3.45. The van der Waals surface area contributed by atoms with Gasteiger partial charge in [0, 0.05) is 10.6 Å². The van der Waals surface area contributed by atoms with Gasteiger partial charge in [0.2, 0.25) is 0 Å². The van der Waals surface area contributed by atoms with E-state index in [0.717, 1.165) is 11.3 Å². The predicted octanol–water partition coefficient (Wildman–Crippen LogP) is 5.37. The number of hydrogen-bond acceptors (Lipinski definition) is 3. The summed E-state index contributed by atoms with van der Waals surface area (Å²) in [7, 11) is 1.60. The maximum absolute atomic E-state index is 13.3. The van der Waals surface area contributed by atoms with Gasteiger partial charge in [-0.15, -0.1) is 0 Å². The minimum atomic E-state index is -0.198. The van der Waals surface area contributed by atoms with Gasteiger partial charge in [0.25, 0.3) is 5.56 Å². The minimum Gasteiger partial charge on any atom is -0.497 e. The van der Waals surface area contributed by atoms with Crippen LogP contribution in [0, 0.1) is 0 Å². The molecule has 0 saturated carbocycles. The second-order valence-electron chi connectivity index (χ2n) is 5.92. The highest BCUT2D eigenvalue weighted by atomic mass is 35.5. The molecule has 0 spiro atoms. The van der Waals surface area contributed by atoms with Crippen LogP contribution in [-0.4, -0.2) is 16.7 Å². The van der Waals surface area contributed by atoms with Gasteiger partial charge in [0.15, 0.2) is 0 Å². The second kappa shape index (κ2) is 7.06. The van der Waals surface area contributed by atoms with Gasteiger partial charge in [-0.25, -0.2) is 4.98 Å². The summed E-state index contributed by atoms with van der Waals surface area (Å²) in [4.78, 5) is 18.0. The number of methoxy groups -OCH3 is 1. The van der Waals surface area contributed by atoms with E-state index in [1.165, 1.54) is 4.57 Å². The quantitative estimate of drug-likeness (QED) is 0.467. The molecule has 0 fully saturated rings. The third-order valence-corrected chi connectivity index (χ3v) is 4.81. The zero-order valence-corrected chi connectivity index (χ0v) is 15.8. The topological polar surface area (TPSA) is 44.1 Å². The Bertz CT molecular complexity index is 1200. The Balaban J connectivity index is 2.08. The van der Waals surface area contributed by atoms with E-state index in [1.54, 1.807) is 31.4 Å². The van der Waals surface area contributed by atoms with E-state index in [4.69, 9.17) is 32.9 Å². The summed E-state index contributed by atoms with van der Waals surface area (Å²) in [6.07, 6.45) is 0. The van der Waals surface area contributed by atoms with Crippen molar-refractivity contribution in [2.24, 2.45) is 0 Å². The van der Waals surface area contributed by atoms with Crippen LogP contribution < -0.4 is 10.3 Å². The Morgan fingerprint density at radius 1 is 0.963 bits per heavy atom. The van der Waals surface area contributed by atoms with Crippen molar-refractivity contribution in [3.05, 3.63) is 87.1 Å². The van der Waals surface area contributed by atoms with Gasteiger partial charge in [-0.2, -0.15) is 0 Å². The Kier molecular flexibility index (Phi) is 4.60. The fraction of sp³-hybridized carbons (Fsp3) is 0.0476. The number of para-hydroxylation sites is 1. The van der Waals surface area contributed by atoms with E-state index in [9.17, 15) is 4.79 Å². The van der Waals surface area contributed by atoms with Crippen LogP contribution in [0.4, 0.5) is 0 Å². The molecule has 0 aliphatic rings. The van der Waals surface area contributed by atoms with E-state index in [0.29, 0.717) is 32.5 Å². The maximum Gasteiger partial charge on any atom is 0.266 e. The van der Waals surface area contributed by atoms with E-state index >= 15 is 0 Å². The molecule has 1 aromatic heterocycles. The van der Waals surface area contributed by atoms with Crippen LogP contribution >= 0.6 is 23.2 Å². The third-order valence-electron chi connectivity index (χ3n) is 4.27. The van der Waals surface area contributed by atoms with E-state index in [-0.39, 0.29) is 5.56 Å². The molecule has 0 bridgehead atoms. The molecule has 0 aliphatic heterocycles. The molecule has 4 rings (SSSR count). The van der Waals surface area contributed by atoms with Gasteiger partial charge in [-0.05, 0) is 54.6 Å². The lowest BCUT2D eigenvalue weighted by Crippen LogP contribution is -2.22. The number of nitrogens with zero attached hydrogens (tertiary/aromatic N) is 2. The predicted molar refractivity (Wildman–Crippen MR) is 109 cm³/mol. The average Bonchev–Trinajstić information content (AvgIpc) is 2.69. The van der Waals surface area contributed by atoms with Crippen LogP contribution in [0.1, 0.15) is 0 Å². The molecule has 0 saturated heterocycles. The molecule has 0 N–H and O–H groups in total. The average molecular weight is 397 g/mol. The highest BCUT2D eigenvalue weighted by molar-refractivity contribution is 6.35. The second-order valence-corrected chi connectivity index (χ2v) is 6.76. The molecule has 0 unspecified atom stereocenters. The van der Waals surface area contributed by atoms with Crippen LogP contribution in [0.25, 0.3) is 28.0 Å². The van der Waals surface area contributed by atoms with Crippen LogP contribution in [0.3, 0.4) is 0 Å². The monoisotopic (exact) mass is 396 g/mol. The normalized spacial score (nSPS) is 10.9. The van der Waals surface area contributed by atoms with E-state index < -0.39 is 0 Å².